The average Bonchev–Trinajstić information content (AvgIpc) is 2.36. The molecule has 17 heavy (non-hydrogen) atoms. The molecule has 0 aromatic carbocycles. The smallest absolute Gasteiger partial charge is 0.220 e. The molecule has 1 saturated carbocycles. The van der Waals surface area contributed by atoms with Crippen molar-refractivity contribution in [3.05, 3.63) is 0 Å². The van der Waals surface area contributed by atoms with Crippen LogP contribution in [0.4, 0.5) is 0 Å². The standard InChI is InChI=1S/C14H27NOS/c1-2-17-12-10-14(16)15-11-6-9-13-7-4-3-5-8-13/h13H,2-12H2,1H3,(H,15,16). The van der Waals surface area contributed by atoms with Crippen LogP contribution in [-0.4, -0.2) is 24.0 Å². The molecule has 1 amide bonds. The lowest BCUT2D eigenvalue weighted by atomic mass is 9.86. The summed E-state index contributed by atoms with van der Waals surface area (Å²) in [6.45, 7) is 3.01. The predicted molar refractivity (Wildman–Crippen MR) is 76.4 cm³/mol. The van der Waals surface area contributed by atoms with Gasteiger partial charge in [-0.25, -0.2) is 0 Å². The van der Waals surface area contributed by atoms with Gasteiger partial charge in [0.05, 0.1) is 0 Å². The fourth-order valence-electron chi connectivity index (χ4n) is 2.49. The minimum atomic E-state index is 0.231. The Morgan fingerprint density at radius 3 is 2.76 bits per heavy atom. The molecule has 0 radical (unpaired) electrons. The molecule has 0 unspecified atom stereocenters. The molecule has 0 heterocycles. The zero-order chi connectivity index (χ0) is 12.3. The van der Waals surface area contributed by atoms with Crippen molar-refractivity contribution in [2.24, 2.45) is 5.92 Å². The van der Waals surface area contributed by atoms with Crippen molar-refractivity contribution in [1.29, 1.82) is 0 Å². The molecule has 0 saturated heterocycles. The molecule has 1 aliphatic rings. The van der Waals surface area contributed by atoms with Crippen LogP contribution in [0.15, 0.2) is 0 Å². The van der Waals surface area contributed by atoms with Crippen LogP contribution >= 0.6 is 11.8 Å². The van der Waals surface area contributed by atoms with Crippen LogP contribution in [0.25, 0.3) is 0 Å². The molecule has 1 fully saturated rings. The number of rotatable bonds is 8. The van der Waals surface area contributed by atoms with Crippen LogP contribution in [0.2, 0.25) is 0 Å². The SMILES string of the molecule is CCSCCC(=O)NCCCC1CCCCC1. The molecule has 2 nitrogen and oxygen atoms in total. The van der Waals surface area contributed by atoms with Crippen molar-refractivity contribution >= 4 is 17.7 Å². The number of carbonyl (C=O) groups is 1. The molecule has 100 valence electrons. The molecule has 0 atom stereocenters. The molecule has 1 rings (SSSR count). The van der Waals surface area contributed by atoms with E-state index >= 15 is 0 Å². The van der Waals surface area contributed by atoms with Crippen LogP contribution < -0.4 is 5.32 Å². The summed E-state index contributed by atoms with van der Waals surface area (Å²) in [5.41, 5.74) is 0. The zero-order valence-corrected chi connectivity index (χ0v) is 12.0. The van der Waals surface area contributed by atoms with Gasteiger partial charge in [0.1, 0.15) is 0 Å². The Kier molecular flexibility index (Phi) is 8.59. The molecule has 3 heteroatoms. The van der Waals surface area contributed by atoms with Crippen LogP contribution in [0.5, 0.6) is 0 Å². The van der Waals surface area contributed by atoms with Gasteiger partial charge < -0.3 is 5.32 Å². The van der Waals surface area contributed by atoms with Crippen LogP contribution in [0, 0.1) is 5.92 Å². The van der Waals surface area contributed by atoms with E-state index in [1.807, 2.05) is 11.8 Å². The van der Waals surface area contributed by atoms with E-state index in [0.29, 0.717) is 6.42 Å². The van der Waals surface area contributed by atoms with E-state index in [2.05, 4.69) is 12.2 Å². The summed E-state index contributed by atoms with van der Waals surface area (Å²) in [6.07, 6.45) is 10.3. The number of hydrogen-bond donors (Lipinski definition) is 1. The van der Waals surface area contributed by atoms with Gasteiger partial charge in [0.25, 0.3) is 0 Å². The van der Waals surface area contributed by atoms with Crippen molar-refractivity contribution in [2.75, 3.05) is 18.1 Å². The first-order chi connectivity index (χ1) is 8.33. The van der Waals surface area contributed by atoms with Gasteiger partial charge in [-0.3, -0.25) is 4.79 Å². The number of carbonyl (C=O) groups excluding carboxylic acids is 1. The van der Waals surface area contributed by atoms with E-state index in [0.717, 1.165) is 30.4 Å². The Balaban J connectivity index is 1.90. The fourth-order valence-corrected chi connectivity index (χ4v) is 3.11. The maximum atomic E-state index is 11.4. The summed E-state index contributed by atoms with van der Waals surface area (Å²) in [5.74, 6) is 3.24. The molecule has 0 aromatic rings. The first kappa shape index (κ1) is 14.9. The van der Waals surface area contributed by atoms with E-state index in [4.69, 9.17) is 0 Å². The highest BCUT2D eigenvalue weighted by Gasteiger charge is 2.12. The van der Waals surface area contributed by atoms with E-state index < -0.39 is 0 Å². The Morgan fingerprint density at radius 1 is 1.29 bits per heavy atom. The highest BCUT2D eigenvalue weighted by atomic mass is 32.2. The number of thioether (sulfide) groups is 1. The molecule has 0 aromatic heterocycles. The van der Waals surface area contributed by atoms with Crippen LogP contribution in [0.3, 0.4) is 0 Å². The summed E-state index contributed by atoms with van der Waals surface area (Å²) < 4.78 is 0. The van der Waals surface area contributed by atoms with Gasteiger partial charge in [-0.2, -0.15) is 11.8 Å². The molecule has 1 N–H and O–H groups in total. The lowest BCUT2D eigenvalue weighted by Crippen LogP contribution is -2.25. The van der Waals surface area contributed by atoms with Crippen molar-refractivity contribution in [2.45, 2.75) is 58.3 Å². The normalized spacial score (nSPS) is 17.0. The number of amides is 1. The van der Waals surface area contributed by atoms with Gasteiger partial charge in [-0.15, -0.1) is 0 Å². The van der Waals surface area contributed by atoms with E-state index in [9.17, 15) is 4.79 Å². The average molecular weight is 257 g/mol. The van der Waals surface area contributed by atoms with Crippen molar-refractivity contribution in [1.82, 2.24) is 5.32 Å². The maximum Gasteiger partial charge on any atom is 0.220 e. The molecule has 1 aliphatic carbocycles. The Bertz CT molecular complexity index is 202. The van der Waals surface area contributed by atoms with E-state index in [1.54, 1.807) is 0 Å². The van der Waals surface area contributed by atoms with E-state index in [1.165, 1.54) is 38.5 Å². The summed E-state index contributed by atoms with van der Waals surface area (Å²) in [6, 6.07) is 0. The Morgan fingerprint density at radius 2 is 2.06 bits per heavy atom. The van der Waals surface area contributed by atoms with Crippen molar-refractivity contribution in [3.63, 3.8) is 0 Å². The van der Waals surface area contributed by atoms with Gasteiger partial charge in [0.2, 0.25) is 5.91 Å². The summed E-state index contributed by atoms with van der Waals surface area (Å²) in [7, 11) is 0. The van der Waals surface area contributed by atoms with E-state index in [-0.39, 0.29) is 5.91 Å². The molecule has 0 spiro atoms. The lowest BCUT2D eigenvalue weighted by Gasteiger charge is -2.21. The number of nitrogens with one attached hydrogen (secondary N) is 1. The van der Waals surface area contributed by atoms with Gasteiger partial charge in [0.15, 0.2) is 0 Å². The topological polar surface area (TPSA) is 29.1 Å². The summed E-state index contributed by atoms with van der Waals surface area (Å²) >= 11 is 1.84. The quantitative estimate of drug-likeness (QED) is 0.673. The molecular formula is C14H27NOS. The first-order valence-corrected chi connectivity index (χ1v) is 8.33. The third-order valence-corrected chi connectivity index (χ3v) is 4.41. The Hall–Kier alpha value is -0.180. The van der Waals surface area contributed by atoms with Crippen LogP contribution in [-0.2, 0) is 4.79 Å². The Labute approximate surface area is 110 Å². The summed E-state index contributed by atoms with van der Waals surface area (Å²) in [5, 5.41) is 3.03. The molecule has 0 bridgehead atoms. The lowest BCUT2D eigenvalue weighted by molar-refractivity contribution is -0.120. The molecule has 0 aliphatic heterocycles. The third-order valence-electron chi connectivity index (χ3n) is 3.51. The summed E-state index contributed by atoms with van der Waals surface area (Å²) in [4.78, 5) is 11.4. The number of hydrogen-bond acceptors (Lipinski definition) is 2. The van der Waals surface area contributed by atoms with Crippen molar-refractivity contribution in [3.8, 4) is 0 Å². The molecular weight excluding hydrogens is 230 g/mol. The largest absolute Gasteiger partial charge is 0.356 e. The van der Waals surface area contributed by atoms with Gasteiger partial charge in [-0.1, -0.05) is 39.0 Å². The zero-order valence-electron chi connectivity index (χ0n) is 11.2. The van der Waals surface area contributed by atoms with Crippen LogP contribution in [0.1, 0.15) is 58.3 Å². The minimum absolute atomic E-state index is 0.231. The fraction of sp³-hybridized carbons (Fsp3) is 0.929. The highest BCUT2D eigenvalue weighted by molar-refractivity contribution is 7.99. The third kappa shape index (κ3) is 7.69. The first-order valence-electron chi connectivity index (χ1n) is 7.17. The predicted octanol–water partition coefficient (Wildman–Crippen LogP) is 3.61. The van der Waals surface area contributed by atoms with Gasteiger partial charge in [0, 0.05) is 18.7 Å². The highest BCUT2D eigenvalue weighted by Crippen LogP contribution is 2.26. The minimum Gasteiger partial charge on any atom is -0.356 e. The second kappa shape index (κ2) is 9.81. The van der Waals surface area contributed by atoms with Gasteiger partial charge in [-0.05, 0) is 24.5 Å². The second-order valence-corrected chi connectivity index (χ2v) is 6.34. The maximum absolute atomic E-state index is 11.4. The van der Waals surface area contributed by atoms with Crippen molar-refractivity contribution < 1.29 is 4.79 Å². The second-order valence-electron chi connectivity index (χ2n) is 4.94. The van der Waals surface area contributed by atoms with Gasteiger partial charge >= 0.3 is 0 Å². The monoisotopic (exact) mass is 257 g/mol.